The fourth-order valence-electron chi connectivity index (χ4n) is 4.04. The average Bonchev–Trinajstić information content (AvgIpc) is 2.79. The predicted octanol–water partition coefficient (Wildman–Crippen LogP) is 3.46. The molecule has 4 rings (SSSR count). The number of carbonyl (C=O) groups is 1. The molecule has 1 aromatic heterocycles. The van der Waals surface area contributed by atoms with Gasteiger partial charge in [0.2, 0.25) is 0 Å². The van der Waals surface area contributed by atoms with Crippen LogP contribution in [0.25, 0.3) is 0 Å². The summed E-state index contributed by atoms with van der Waals surface area (Å²) in [5.74, 6) is 2.95. The van der Waals surface area contributed by atoms with Crippen LogP contribution >= 0.6 is 11.8 Å². The van der Waals surface area contributed by atoms with E-state index in [0.29, 0.717) is 13.1 Å². The third-order valence-corrected chi connectivity index (χ3v) is 6.46. The molecule has 0 radical (unpaired) electrons. The van der Waals surface area contributed by atoms with Gasteiger partial charge >= 0.3 is 0 Å². The summed E-state index contributed by atoms with van der Waals surface area (Å²) in [6, 6.07) is 10.0. The Morgan fingerprint density at radius 1 is 0.862 bits per heavy atom. The molecular formula is C22H29N5OS. The van der Waals surface area contributed by atoms with E-state index in [1.807, 2.05) is 42.3 Å². The smallest absolute Gasteiger partial charge is 0.253 e. The van der Waals surface area contributed by atoms with Crippen molar-refractivity contribution in [2.75, 3.05) is 55.3 Å². The Morgan fingerprint density at radius 3 is 2.03 bits per heavy atom. The van der Waals surface area contributed by atoms with Crippen molar-refractivity contribution in [2.24, 2.45) is 0 Å². The SMILES string of the molecule is CSc1ccc(C(=O)N2CCN(c3cc(N4CCCCC4)nc(C)n3)CC2)cc1. The Labute approximate surface area is 177 Å². The molecule has 1 amide bonds. The molecule has 0 N–H and O–H groups in total. The summed E-state index contributed by atoms with van der Waals surface area (Å²) in [5.41, 5.74) is 0.765. The van der Waals surface area contributed by atoms with Crippen LogP contribution in [0.1, 0.15) is 35.4 Å². The Balaban J connectivity index is 1.41. The van der Waals surface area contributed by atoms with Gasteiger partial charge in [0.1, 0.15) is 17.5 Å². The third kappa shape index (κ3) is 4.66. The summed E-state index contributed by atoms with van der Waals surface area (Å²) >= 11 is 1.69. The van der Waals surface area contributed by atoms with E-state index < -0.39 is 0 Å². The molecule has 0 aliphatic carbocycles. The number of aryl methyl sites for hydroxylation is 1. The Kier molecular flexibility index (Phi) is 6.23. The van der Waals surface area contributed by atoms with Gasteiger partial charge in [-0.05, 0) is 56.7 Å². The lowest BCUT2D eigenvalue weighted by atomic mass is 10.1. The van der Waals surface area contributed by atoms with Crippen molar-refractivity contribution in [3.05, 3.63) is 41.7 Å². The summed E-state index contributed by atoms with van der Waals surface area (Å²) in [6.45, 7) is 7.14. The first-order valence-corrected chi connectivity index (χ1v) is 11.7. The standard InChI is InChI=1S/C22H29N5OS/c1-17-23-20(25-10-4-3-5-11-25)16-21(24-17)26-12-14-27(15-13-26)22(28)18-6-8-19(29-2)9-7-18/h6-9,16H,3-5,10-15H2,1-2H3. The topological polar surface area (TPSA) is 52.6 Å². The predicted molar refractivity (Wildman–Crippen MR) is 119 cm³/mol. The average molecular weight is 412 g/mol. The largest absolute Gasteiger partial charge is 0.356 e. The molecule has 1 aromatic carbocycles. The zero-order valence-corrected chi connectivity index (χ0v) is 18.1. The molecule has 0 atom stereocenters. The fourth-order valence-corrected chi connectivity index (χ4v) is 4.45. The van der Waals surface area contributed by atoms with E-state index >= 15 is 0 Å². The van der Waals surface area contributed by atoms with Gasteiger partial charge in [-0.15, -0.1) is 11.8 Å². The second-order valence-corrected chi connectivity index (χ2v) is 8.57. The van der Waals surface area contributed by atoms with Crippen molar-refractivity contribution >= 4 is 29.3 Å². The number of benzene rings is 1. The lowest BCUT2D eigenvalue weighted by Crippen LogP contribution is -2.49. The van der Waals surface area contributed by atoms with Gasteiger partial charge in [0, 0.05) is 55.8 Å². The van der Waals surface area contributed by atoms with Crippen LogP contribution < -0.4 is 9.80 Å². The van der Waals surface area contributed by atoms with Gasteiger partial charge in [0.05, 0.1) is 0 Å². The van der Waals surface area contributed by atoms with Crippen molar-refractivity contribution in [2.45, 2.75) is 31.1 Å². The highest BCUT2D eigenvalue weighted by Crippen LogP contribution is 2.24. The quantitative estimate of drug-likeness (QED) is 0.718. The highest BCUT2D eigenvalue weighted by Gasteiger charge is 2.24. The minimum absolute atomic E-state index is 0.116. The Morgan fingerprint density at radius 2 is 1.45 bits per heavy atom. The van der Waals surface area contributed by atoms with Crippen molar-refractivity contribution in [3.8, 4) is 0 Å². The van der Waals surface area contributed by atoms with Crippen molar-refractivity contribution in [1.29, 1.82) is 0 Å². The van der Waals surface area contributed by atoms with E-state index in [9.17, 15) is 4.79 Å². The number of carbonyl (C=O) groups excluding carboxylic acids is 1. The molecule has 6 nitrogen and oxygen atoms in total. The molecule has 2 aromatic rings. The van der Waals surface area contributed by atoms with E-state index in [0.717, 1.165) is 49.2 Å². The maximum absolute atomic E-state index is 12.8. The van der Waals surface area contributed by atoms with Crippen molar-refractivity contribution < 1.29 is 4.79 Å². The van der Waals surface area contributed by atoms with Gasteiger partial charge < -0.3 is 14.7 Å². The number of hydrogen-bond acceptors (Lipinski definition) is 6. The van der Waals surface area contributed by atoms with Crippen LogP contribution in [0.15, 0.2) is 35.2 Å². The minimum Gasteiger partial charge on any atom is -0.356 e. The van der Waals surface area contributed by atoms with Crippen molar-refractivity contribution in [3.63, 3.8) is 0 Å². The van der Waals surface area contributed by atoms with Gasteiger partial charge in [0.15, 0.2) is 0 Å². The molecule has 0 saturated carbocycles. The number of piperidine rings is 1. The van der Waals surface area contributed by atoms with Crippen LogP contribution in [-0.2, 0) is 0 Å². The van der Waals surface area contributed by atoms with E-state index in [1.54, 1.807) is 11.8 Å². The minimum atomic E-state index is 0.116. The number of rotatable bonds is 4. The van der Waals surface area contributed by atoms with Crippen molar-refractivity contribution in [1.82, 2.24) is 14.9 Å². The van der Waals surface area contributed by atoms with Crippen LogP contribution in [0, 0.1) is 6.92 Å². The molecule has 0 spiro atoms. The second-order valence-electron chi connectivity index (χ2n) is 7.69. The monoisotopic (exact) mass is 411 g/mol. The summed E-state index contributed by atoms with van der Waals surface area (Å²) in [4.78, 5) is 30.0. The summed E-state index contributed by atoms with van der Waals surface area (Å²) in [5, 5.41) is 0. The number of amides is 1. The molecule has 2 aliphatic heterocycles. The van der Waals surface area contributed by atoms with Gasteiger partial charge in [0.25, 0.3) is 5.91 Å². The molecule has 0 bridgehead atoms. The molecule has 7 heteroatoms. The van der Waals surface area contributed by atoms with Crippen LogP contribution in [0.2, 0.25) is 0 Å². The molecule has 3 heterocycles. The Hall–Kier alpha value is -2.28. The van der Waals surface area contributed by atoms with Gasteiger partial charge in [-0.2, -0.15) is 0 Å². The fraction of sp³-hybridized carbons (Fsp3) is 0.500. The lowest BCUT2D eigenvalue weighted by Gasteiger charge is -2.36. The summed E-state index contributed by atoms with van der Waals surface area (Å²) in [7, 11) is 0. The zero-order valence-electron chi connectivity index (χ0n) is 17.3. The van der Waals surface area contributed by atoms with Gasteiger partial charge in [-0.3, -0.25) is 4.79 Å². The number of nitrogens with zero attached hydrogens (tertiary/aromatic N) is 5. The summed E-state index contributed by atoms with van der Waals surface area (Å²) in [6.07, 6.45) is 5.82. The van der Waals surface area contributed by atoms with E-state index in [-0.39, 0.29) is 5.91 Å². The summed E-state index contributed by atoms with van der Waals surface area (Å²) < 4.78 is 0. The molecular weight excluding hydrogens is 382 g/mol. The normalized spacial score (nSPS) is 17.5. The van der Waals surface area contributed by atoms with Gasteiger partial charge in [-0.25, -0.2) is 9.97 Å². The number of aromatic nitrogens is 2. The maximum Gasteiger partial charge on any atom is 0.253 e. The second kappa shape index (κ2) is 9.03. The molecule has 2 saturated heterocycles. The van der Waals surface area contributed by atoms with E-state index in [2.05, 4.69) is 25.8 Å². The zero-order chi connectivity index (χ0) is 20.2. The first-order valence-electron chi connectivity index (χ1n) is 10.4. The van der Waals surface area contributed by atoms with Crippen LogP contribution in [-0.4, -0.2) is 66.3 Å². The highest BCUT2D eigenvalue weighted by molar-refractivity contribution is 7.98. The van der Waals surface area contributed by atoms with Gasteiger partial charge in [-0.1, -0.05) is 0 Å². The van der Waals surface area contributed by atoms with Crippen LogP contribution in [0.5, 0.6) is 0 Å². The molecule has 0 unspecified atom stereocenters. The lowest BCUT2D eigenvalue weighted by molar-refractivity contribution is 0.0746. The molecule has 2 fully saturated rings. The number of piperazine rings is 1. The Bertz CT molecular complexity index is 843. The first-order chi connectivity index (χ1) is 14.1. The highest BCUT2D eigenvalue weighted by atomic mass is 32.2. The third-order valence-electron chi connectivity index (χ3n) is 5.72. The molecule has 2 aliphatic rings. The molecule has 29 heavy (non-hydrogen) atoms. The number of hydrogen-bond donors (Lipinski definition) is 0. The molecule has 154 valence electrons. The van der Waals surface area contributed by atoms with Crippen LogP contribution in [0.4, 0.5) is 11.6 Å². The number of anilines is 2. The number of thioether (sulfide) groups is 1. The van der Waals surface area contributed by atoms with E-state index in [1.165, 1.54) is 24.2 Å². The van der Waals surface area contributed by atoms with Crippen LogP contribution in [0.3, 0.4) is 0 Å². The first kappa shape index (κ1) is 20.0. The maximum atomic E-state index is 12.8. The van der Waals surface area contributed by atoms with E-state index in [4.69, 9.17) is 0 Å².